The number of benzene rings is 1. The number of halogens is 2. The first-order valence-electron chi connectivity index (χ1n) is 9.05. The molecule has 0 spiro atoms. The number of hydrogen-bond acceptors (Lipinski definition) is 3. The van der Waals surface area contributed by atoms with Crippen LogP contribution in [0.2, 0.25) is 0 Å². The molecule has 2 heterocycles. The zero-order valence-corrected chi connectivity index (χ0v) is 17.9. The van der Waals surface area contributed by atoms with Crippen molar-refractivity contribution in [2.75, 3.05) is 33.4 Å². The Kier molecular flexibility index (Phi) is 9.06. The van der Waals surface area contributed by atoms with E-state index in [0.29, 0.717) is 12.5 Å². The van der Waals surface area contributed by atoms with Gasteiger partial charge in [0.25, 0.3) is 0 Å². The molecular formula is C20H27FIN3O2. The second-order valence-corrected chi connectivity index (χ2v) is 6.63. The summed E-state index contributed by atoms with van der Waals surface area (Å²) >= 11 is 0. The highest BCUT2D eigenvalue weighted by molar-refractivity contribution is 14.0. The molecule has 1 aliphatic rings. The van der Waals surface area contributed by atoms with Crippen molar-refractivity contribution in [2.24, 2.45) is 10.9 Å². The topological polar surface area (TPSA) is 50.0 Å². The molecule has 0 bridgehead atoms. The fourth-order valence-corrected chi connectivity index (χ4v) is 2.95. The van der Waals surface area contributed by atoms with Crippen LogP contribution >= 0.6 is 24.0 Å². The van der Waals surface area contributed by atoms with Crippen LogP contribution in [-0.2, 0) is 17.7 Å². The number of guanidine groups is 1. The van der Waals surface area contributed by atoms with Crippen LogP contribution in [0.15, 0.2) is 52.1 Å². The van der Waals surface area contributed by atoms with Gasteiger partial charge in [0.05, 0.1) is 12.9 Å². The van der Waals surface area contributed by atoms with Crippen LogP contribution in [0.4, 0.5) is 4.39 Å². The van der Waals surface area contributed by atoms with E-state index in [9.17, 15) is 4.39 Å². The molecule has 27 heavy (non-hydrogen) atoms. The average molecular weight is 487 g/mol. The molecule has 1 unspecified atom stereocenters. The quantitative estimate of drug-likeness (QED) is 0.368. The molecule has 148 valence electrons. The Labute approximate surface area is 177 Å². The molecule has 0 amide bonds. The number of nitrogens with zero attached hydrogens (tertiary/aromatic N) is 2. The van der Waals surface area contributed by atoms with E-state index in [2.05, 4.69) is 10.2 Å². The van der Waals surface area contributed by atoms with Crippen molar-refractivity contribution in [3.63, 3.8) is 0 Å². The Morgan fingerprint density at radius 1 is 1.30 bits per heavy atom. The predicted molar refractivity (Wildman–Crippen MR) is 115 cm³/mol. The molecule has 2 aromatic rings. The summed E-state index contributed by atoms with van der Waals surface area (Å²) < 4.78 is 23.9. The van der Waals surface area contributed by atoms with Gasteiger partial charge in [-0.1, -0.05) is 12.1 Å². The van der Waals surface area contributed by atoms with Crippen molar-refractivity contribution in [3.8, 4) is 0 Å². The number of ether oxygens (including phenoxy) is 1. The predicted octanol–water partition coefficient (Wildman–Crippen LogP) is 3.69. The highest BCUT2D eigenvalue weighted by atomic mass is 127. The Balaban J connectivity index is 0.00000261. The largest absolute Gasteiger partial charge is 0.469 e. The van der Waals surface area contributed by atoms with Crippen LogP contribution in [0.25, 0.3) is 0 Å². The van der Waals surface area contributed by atoms with E-state index in [4.69, 9.17) is 14.1 Å². The van der Waals surface area contributed by atoms with Gasteiger partial charge in [-0.15, -0.1) is 24.0 Å². The Morgan fingerprint density at radius 2 is 2.11 bits per heavy atom. The van der Waals surface area contributed by atoms with Gasteiger partial charge < -0.3 is 19.4 Å². The number of rotatable bonds is 7. The fourth-order valence-electron chi connectivity index (χ4n) is 2.95. The number of nitrogens with one attached hydrogen (secondary N) is 1. The van der Waals surface area contributed by atoms with E-state index < -0.39 is 0 Å². The van der Waals surface area contributed by atoms with Gasteiger partial charge in [-0.3, -0.25) is 4.99 Å². The van der Waals surface area contributed by atoms with Crippen LogP contribution in [0.5, 0.6) is 0 Å². The summed E-state index contributed by atoms with van der Waals surface area (Å²) in [5, 5.41) is 3.41. The zero-order valence-electron chi connectivity index (χ0n) is 15.6. The molecule has 1 atom stereocenters. The van der Waals surface area contributed by atoms with Gasteiger partial charge in [0.15, 0.2) is 5.96 Å². The summed E-state index contributed by atoms with van der Waals surface area (Å²) in [7, 11) is 1.99. The fraction of sp³-hybridized carbons (Fsp3) is 0.450. The minimum Gasteiger partial charge on any atom is -0.469 e. The van der Waals surface area contributed by atoms with Crippen molar-refractivity contribution in [1.82, 2.24) is 10.2 Å². The second-order valence-electron chi connectivity index (χ2n) is 6.63. The molecule has 0 aliphatic carbocycles. The van der Waals surface area contributed by atoms with E-state index in [0.717, 1.165) is 56.4 Å². The third-order valence-electron chi connectivity index (χ3n) is 4.45. The van der Waals surface area contributed by atoms with Crippen LogP contribution in [0.1, 0.15) is 17.7 Å². The highest BCUT2D eigenvalue weighted by Gasteiger charge is 2.16. The lowest BCUT2D eigenvalue weighted by atomic mass is 10.1. The van der Waals surface area contributed by atoms with Gasteiger partial charge in [-0.2, -0.15) is 0 Å². The molecule has 1 saturated heterocycles. The summed E-state index contributed by atoms with van der Waals surface area (Å²) in [5.41, 5.74) is 1.04. The minimum atomic E-state index is -0.219. The van der Waals surface area contributed by atoms with Crippen molar-refractivity contribution < 1.29 is 13.5 Å². The van der Waals surface area contributed by atoms with E-state index in [1.807, 2.05) is 19.2 Å². The standard InChI is InChI=1S/C20H26FN3O2.HI/c1-24(14-16-4-6-18(21)7-5-16)20(23-13-17-9-12-25-15-17)22-10-8-19-3-2-11-26-19;/h2-7,11,17H,8-10,12-15H2,1H3,(H,22,23);1H. The highest BCUT2D eigenvalue weighted by Crippen LogP contribution is 2.13. The first kappa shape index (κ1) is 21.7. The molecule has 0 saturated carbocycles. The van der Waals surface area contributed by atoms with Crippen LogP contribution < -0.4 is 5.32 Å². The number of furan rings is 1. The van der Waals surface area contributed by atoms with Gasteiger partial charge in [-0.05, 0) is 36.2 Å². The molecule has 1 aromatic carbocycles. The smallest absolute Gasteiger partial charge is 0.193 e. The van der Waals surface area contributed by atoms with Crippen molar-refractivity contribution >= 4 is 29.9 Å². The van der Waals surface area contributed by atoms with Crippen molar-refractivity contribution in [2.45, 2.75) is 19.4 Å². The first-order chi connectivity index (χ1) is 12.7. The van der Waals surface area contributed by atoms with E-state index in [-0.39, 0.29) is 29.8 Å². The summed E-state index contributed by atoms with van der Waals surface area (Å²) in [6.07, 6.45) is 3.54. The van der Waals surface area contributed by atoms with Gasteiger partial charge in [0.2, 0.25) is 0 Å². The van der Waals surface area contributed by atoms with Crippen LogP contribution in [0, 0.1) is 11.7 Å². The SMILES string of the molecule is CN(Cc1ccc(F)cc1)C(=NCC1CCOC1)NCCc1ccco1.I. The summed E-state index contributed by atoms with van der Waals surface area (Å²) in [4.78, 5) is 6.85. The van der Waals surface area contributed by atoms with Crippen LogP contribution in [-0.4, -0.2) is 44.2 Å². The molecule has 3 rings (SSSR count). The van der Waals surface area contributed by atoms with Gasteiger partial charge in [0.1, 0.15) is 11.6 Å². The summed E-state index contributed by atoms with van der Waals surface area (Å²) in [5.74, 6) is 2.05. The molecule has 7 heteroatoms. The first-order valence-corrected chi connectivity index (χ1v) is 9.05. The Hall–Kier alpha value is -1.61. The molecule has 1 N–H and O–H groups in total. The maximum absolute atomic E-state index is 13.1. The van der Waals surface area contributed by atoms with Gasteiger partial charge in [0, 0.05) is 45.6 Å². The third kappa shape index (κ3) is 7.14. The maximum Gasteiger partial charge on any atom is 0.193 e. The molecule has 1 aliphatic heterocycles. The lowest BCUT2D eigenvalue weighted by Crippen LogP contribution is -2.40. The van der Waals surface area contributed by atoms with Gasteiger partial charge in [-0.25, -0.2) is 4.39 Å². The van der Waals surface area contributed by atoms with Crippen molar-refractivity contribution in [1.29, 1.82) is 0 Å². The maximum atomic E-state index is 13.1. The monoisotopic (exact) mass is 487 g/mol. The normalized spacial score (nSPS) is 16.8. The number of hydrogen-bond donors (Lipinski definition) is 1. The second kappa shape index (κ2) is 11.3. The molecule has 1 aromatic heterocycles. The number of aliphatic imine (C=N–C) groups is 1. The van der Waals surface area contributed by atoms with E-state index in [1.165, 1.54) is 12.1 Å². The summed E-state index contributed by atoms with van der Waals surface area (Å²) in [6.45, 7) is 3.75. The molecule has 5 nitrogen and oxygen atoms in total. The lowest BCUT2D eigenvalue weighted by molar-refractivity contribution is 0.187. The Bertz CT molecular complexity index is 686. The van der Waals surface area contributed by atoms with E-state index >= 15 is 0 Å². The average Bonchev–Trinajstić information content (AvgIpc) is 3.33. The minimum absolute atomic E-state index is 0. The van der Waals surface area contributed by atoms with Gasteiger partial charge >= 0.3 is 0 Å². The summed E-state index contributed by atoms with van der Waals surface area (Å²) in [6, 6.07) is 10.4. The Morgan fingerprint density at radius 3 is 2.78 bits per heavy atom. The van der Waals surface area contributed by atoms with Crippen molar-refractivity contribution in [3.05, 3.63) is 59.8 Å². The molecular weight excluding hydrogens is 460 g/mol. The molecule has 1 fully saturated rings. The molecule has 0 radical (unpaired) electrons. The zero-order chi connectivity index (χ0) is 18.2. The van der Waals surface area contributed by atoms with Crippen LogP contribution in [0.3, 0.4) is 0 Å². The third-order valence-corrected chi connectivity index (χ3v) is 4.45. The van der Waals surface area contributed by atoms with E-state index in [1.54, 1.807) is 18.4 Å². The lowest BCUT2D eigenvalue weighted by Gasteiger charge is -2.23.